The number of benzene rings is 2. The van der Waals surface area contributed by atoms with Crippen LogP contribution in [-0.4, -0.2) is 0 Å². The van der Waals surface area contributed by atoms with Crippen LogP contribution in [-0.2, 0) is 4.52 Å². The van der Waals surface area contributed by atoms with E-state index in [2.05, 4.69) is 6.58 Å². The predicted molar refractivity (Wildman–Crippen MR) is 71.2 cm³/mol. The van der Waals surface area contributed by atoms with E-state index < -0.39 is 8.60 Å². The Kier molecular flexibility index (Phi) is 2.91. The lowest BCUT2D eigenvalue weighted by atomic mass is 10.2. The highest BCUT2D eigenvalue weighted by Gasteiger charge is 2.29. The molecule has 0 aromatic heterocycles. The molecule has 0 bridgehead atoms. The van der Waals surface area contributed by atoms with Crippen molar-refractivity contribution in [3.8, 4) is 11.5 Å². The van der Waals surface area contributed by atoms with Gasteiger partial charge in [-0.05, 0) is 12.1 Å². The summed E-state index contributed by atoms with van der Waals surface area (Å²) in [4.78, 5) is 0. The quantitative estimate of drug-likeness (QED) is 0.604. The maximum Gasteiger partial charge on any atom is 0.530 e. The fourth-order valence-electron chi connectivity index (χ4n) is 1.58. The molecule has 0 spiro atoms. The minimum atomic E-state index is -1.43. The Balaban J connectivity index is 1.68. The van der Waals surface area contributed by atoms with Crippen LogP contribution < -0.4 is 9.05 Å². The van der Waals surface area contributed by atoms with Gasteiger partial charge in [0.05, 0.1) is 0 Å². The van der Waals surface area contributed by atoms with E-state index in [1.807, 2.05) is 54.6 Å². The van der Waals surface area contributed by atoms with Gasteiger partial charge in [0.1, 0.15) is 5.76 Å². The smallest absolute Gasteiger partial charge is 0.408 e. The van der Waals surface area contributed by atoms with Gasteiger partial charge in [-0.25, -0.2) is 0 Å². The van der Waals surface area contributed by atoms with Gasteiger partial charge in [-0.2, -0.15) is 0 Å². The molecule has 90 valence electrons. The molecular formula is C14H11O3P. The Morgan fingerprint density at radius 1 is 0.889 bits per heavy atom. The van der Waals surface area contributed by atoms with Crippen LogP contribution in [0.3, 0.4) is 0 Å². The van der Waals surface area contributed by atoms with Gasteiger partial charge in [0.15, 0.2) is 11.5 Å². The number of rotatable bonds is 3. The predicted octanol–water partition coefficient (Wildman–Crippen LogP) is 4.37. The summed E-state index contributed by atoms with van der Waals surface area (Å²) in [5.74, 6) is 1.98. The SMILES string of the molecule is C=C(OP1Oc2ccccc2O1)c1ccccc1. The average Bonchev–Trinajstić information content (AvgIpc) is 2.82. The Morgan fingerprint density at radius 3 is 2.06 bits per heavy atom. The second kappa shape index (κ2) is 4.71. The number of hydrogen-bond acceptors (Lipinski definition) is 3. The summed E-state index contributed by atoms with van der Waals surface area (Å²) in [6.07, 6.45) is 0. The standard InChI is InChI=1S/C14H11O3P/c1-11(12-7-3-2-4-8-12)15-18-16-13-9-5-6-10-14(13)17-18/h2-10H,1H2. The molecular weight excluding hydrogens is 247 g/mol. The minimum absolute atomic E-state index is 0.550. The first-order valence-electron chi connectivity index (χ1n) is 5.50. The first kappa shape index (κ1) is 11.1. The molecule has 2 aromatic carbocycles. The van der Waals surface area contributed by atoms with Crippen LogP contribution in [0.15, 0.2) is 61.2 Å². The van der Waals surface area contributed by atoms with Crippen molar-refractivity contribution in [3.05, 3.63) is 66.7 Å². The van der Waals surface area contributed by atoms with Crippen molar-refractivity contribution in [2.75, 3.05) is 0 Å². The van der Waals surface area contributed by atoms with E-state index in [1.165, 1.54) is 0 Å². The van der Waals surface area contributed by atoms with Gasteiger partial charge in [0.25, 0.3) is 0 Å². The van der Waals surface area contributed by atoms with Crippen molar-refractivity contribution in [1.29, 1.82) is 0 Å². The highest BCUT2D eigenvalue weighted by Crippen LogP contribution is 2.54. The molecule has 1 aliphatic rings. The number of hydrogen-bond donors (Lipinski definition) is 0. The Hall–Kier alpha value is -1.99. The molecule has 2 aromatic rings. The van der Waals surface area contributed by atoms with Crippen molar-refractivity contribution in [2.24, 2.45) is 0 Å². The summed E-state index contributed by atoms with van der Waals surface area (Å²) >= 11 is 0. The topological polar surface area (TPSA) is 27.7 Å². The lowest BCUT2D eigenvalue weighted by Gasteiger charge is -2.11. The van der Waals surface area contributed by atoms with Crippen molar-refractivity contribution in [3.63, 3.8) is 0 Å². The monoisotopic (exact) mass is 258 g/mol. The average molecular weight is 258 g/mol. The largest absolute Gasteiger partial charge is 0.530 e. The van der Waals surface area contributed by atoms with Crippen LogP contribution in [0.25, 0.3) is 5.76 Å². The van der Waals surface area contributed by atoms with E-state index in [0.717, 1.165) is 5.56 Å². The fourth-order valence-corrected chi connectivity index (χ4v) is 2.60. The zero-order chi connectivity index (χ0) is 12.4. The Morgan fingerprint density at radius 2 is 1.44 bits per heavy atom. The van der Waals surface area contributed by atoms with E-state index in [-0.39, 0.29) is 0 Å². The molecule has 0 aliphatic carbocycles. The van der Waals surface area contributed by atoms with Crippen LogP contribution in [0.1, 0.15) is 5.56 Å². The summed E-state index contributed by atoms with van der Waals surface area (Å²) in [6.45, 7) is 3.89. The summed E-state index contributed by atoms with van der Waals surface area (Å²) < 4.78 is 16.7. The highest BCUT2D eigenvalue weighted by atomic mass is 31.2. The third kappa shape index (κ3) is 2.18. The van der Waals surface area contributed by atoms with Crippen molar-refractivity contribution in [1.82, 2.24) is 0 Å². The van der Waals surface area contributed by atoms with Gasteiger partial charge in [0.2, 0.25) is 0 Å². The van der Waals surface area contributed by atoms with Gasteiger partial charge in [-0.3, -0.25) is 0 Å². The lowest BCUT2D eigenvalue weighted by molar-refractivity contribution is 0.413. The first-order chi connectivity index (χ1) is 8.83. The molecule has 0 fully saturated rings. The van der Waals surface area contributed by atoms with Gasteiger partial charge in [0, 0.05) is 5.56 Å². The van der Waals surface area contributed by atoms with E-state index in [1.54, 1.807) is 0 Å². The third-order valence-corrected chi connectivity index (χ3v) is 3.54. The molecule has 1 aliphatic heterocycles. The van der Waals surface area contributed by atoms with Crippen LogP contribution in [0.2, 0.25) is 0 Å². The number of fused-ring (bicyclic) bond motifs is 1. The second-order valence-corrected chi connectivity index (χ2v) is 4.73. The lowest BCUT2D eigenvalue weighted by Crippen LogP contribution is -1.92. The summed E-state index contributed by atoms with van der Waals surface area (Å²) in [7, 11) is -1.43. The zero-order valence-electron chi connectivity index (χ0n) is 9.58. The Bertz CT molecular complexity index is 543. The molecule has 0 unspecified atom stereocenters. The van der Waals surface area contributed by atoms with Gasteiger partial charge >= 0.3 is 8.60 Å². The first-order valence-corrected chi connectivity index (χ1v) is 6.60. The normalized spacial score (nSPS) is 13.3. The second-order valence-electron chi connectivity index (χ2n) is 3.73. The molecule has 18 heavy (non-hydrogen) atoms. The van der Waals surface area contributed by atoms with Gasteiger partial charge in [-0.1, -0.05) is 49.0 Å². The zero-order valence-corrected chi connectivity index (χ0v) is 10.5. The third-order valence-electron chi connectivity index (χ3n) is 2.48. The number of para-hydroxylation sites is 2. The molecule has 4 heteroatoms. The van der Waals surface area contributed by atoms with Crippen LogP contribution in [0.4, 0.5) is 0 Å². The summed E-state index contributed by atoms with van der Waals surface area (Å²) in [5, 5.41) is 0. The fraction of sp³-hybridized carbons (Fsp3) is 0. The van der Waals surface area contributed by atoms with Crippen LogP contribution in [0, 0.1) is 0 Å². The van der Waals surface area contributed by atoms with E-state index in [4.69, 9.17) is 13.6 Å². The van der Waals surface area contributed by atoms with Crippen molar-refractivity contribution < 1.29 is 13.6 Å². The molecule has 0 radical (unpaired) electrons. The highest BCUT2D eigenvalue weighted by molar-refractivity contribution is 7.43. The molecule has 0 atom stereocenters. The molecule has 3 rings (SSSR count). The summed E-state index contributed by atoms with van der Waals surface area (Å²) in [5.41, 5.74) is 0.920. The van der Waals surface area contributed by atoms with Crippen LogP contribution >= 0.6 is 8.60 Å². The van der Waals surface area contributed by atoms with Crippen molar-refractivity contribution >= 4 is 14.4 Å². The maximum absolute atomic E-state index is 5.61. The van der Waals surface area contributed by atoms with Crippen molar-refractivity contribution in [2.45, 2.75) is 0 Å². The molecule has 1 heterocycles. The molecule has 3 nitrogen and oxygen atoms in total. The van der Waals surface area contributed by atoms with Gasteiger partial charge < -0.3 is 13.6 Å². The van der Waals surface area contributed by atoms with E-state index in [0.29, 0.717) is 17.3 Å². The Labute approximate surface area is 107 Å². The van der Waals surface area contributed by atoms with Gasteiger partial charge in [-0.15, -0.1) is 0 Å². The molecule has 0 saturated carbocycles. The van der Waals surface area contributed by atoms with E-state index >= 15 is 0 Å². The van der Waals surface area contributed by atoms with E-state index in [9.17, 15) is 0 Å². The maximum atomic E-state index is 5.61. The van der Waals surface area contributed by atoms with Crippen LogP contribution in [0.5, 0.6) is 11.5 Å². The summed E-state index contributed by atoms with van der Waals surface area (Å²) in [6, 6.07) is 17.2. The molecule has 0 N–H and O–H groups in total. The minimum Gasteiger partial charge on any atom is -0.408 e. The molecule has 0 saturated heterocycles. The molecule has 0 amide bonds.